The van der Waals surface area contributed by atoms with Gasteiger partial charge in [0.15, 0.2) is 5.82 Å². The van der Waals surface area contributed by atoms with Crippen molar-refractivity contribution < 1.29 is 22.5 Å². The Balaban J connectivity index is 1.84. The minimum atomic E-state index is -0.908. The highest BCUT2D eigenvalue weighted by Crippen LogP contribution is 2.27. The third-order valence-electron chi connectivity index (χ3n) is 5.37. The quantitative estimate of drug-likeness (QED) is 0.320. The molecule has 2 aromatic heterocycles. The van der Waals surface area contributed by atoms with Gasteiger partial charge < -0.3 is 20.6 Å². The maximum atomic E-state index is 14.8. The molecule has 3 N–H and O–H groups in total. The standard InChI is InChI=1S/C24H19F3N6O3/c1-3-33-22(30-18-5-4-14(25)10-17(18)27)19(11-28)29-21(24(33)35)15-8-13(9-16(26)12(15)2)23(34)31-20-6-7-36-32-20/h4-11,28,30H,3H2,1-2H3,(H,31,32,34). The number of hydrogen-bond acceptors (Lipinski definition) is 7. The van der Waals surface area contributed by atoms with E-state index in [2.05, 4.69) is 25.3 Å². The van der Waals surface area contributed by atoms with Crippen molar-refractivity contribution in [3.8, 4) is 11.3 Å². The second-order valence-corrected chi connectivity index (χ2v) is 7.61. The van der Waals surface area contributed by atoms with Crippen molar-refractivity contribution in [2.45, 2.75) is 20.4 Å². The molecule has 0 saturated heterocycles. The van der Waals surface area contributed by atoms with Crippen LogP contribution in [0.3, 0.4) is 0 Å². The molecule has 0 spiro atoms. The molecule has 0 aliphatic heterocycles. The zero-order chi connectivity index (χ0) is 26.0. The Morgan fingerprint density at radius 2 is 1.94 bits per heavy atom. The summed E-state index contributed by atoms with van der Waals surface area (Å²) >= 11 is 0. The van der Waals surface area contributed by atoms with Crippen LogP contribution in [0.1, 0.15) is 28.5 Å². The summed E-state index contributed by atoms with van der Waals surface area (Å²) in [7, 11) is 0. The Bertz CT molecular complexity index is 1530. The van der Waals surface area contributed by atoms with Crippen molar-refractivity contribution in [3.63, 3.8) is 0 Å². The maximum absolute atomic E-state index is 14.8. The van der Waals surface area contributed by atoms with Crippen molar-refractivity contribution in [2.24, 2.45) is 0 Å². The fourth-order valence-electron chi connectivity index (χ4n) is 3.54. The number of benzene rings is 2. The van der Waals surface area contributed by atoms with Gasteiger partial charge in [-0.05, 0) is 43.7 Å². The molecule has 0 aliphatic carbocycles. The first-order valence-electron chi connectivity index (χ1n) is 10.6. The third kappa shape index (κ3) is 4.60. The minimum Gasteiger partial charge on any atom is -0.363 e. The predicted molar refractivity (Wildman–Crippen MR) is 126 cm³/mol. The van der Waals surface area contributed by atoms with E-state index in [9.17, 15) is 22.8 Å². The largest absolute Gasteiger partial charge is 0.363 e. The average molecular weight is 496 g/mol. The molecule has 184 valence electrons. The number of rotatable bonds is 7. The van der Waals surface area contributed by atoms with E-state index >= 15 is 0 Å². The van der Waals surface area contributed by atoms with Crippen LogP contribution in [0.15, 0.2) is 52.0 Å². The van der Waals surface area contributed by atoms with Crippen LogP contribution >= 0.6 is 0 Å². The van der Waals surface area contributed by atoms with Crippen LogP contribution in [0.25, 0.3) is 11.3 Å². The fraction of sp³-hybridized carbons (Fsp3) is 0.125. The average Bonchev–Trinajstić information content (AvgIpc) is 3.36. The van der Waals surface area contributed by atoms with E-state index in [0.29, 0.717) is 6.07 Å². The SMILES string of the molecule is CCn1c(Nc2ccc(F)cc2F)c(C=N)nc(-c2cc(C(=O)Nc3ccon3)cc(F)c2C)c1=O. The van der Waals surface area contributed by atoms with Crippen LogP contribution in [-0.2, 0) is 6.54 Å². The molecule has 2 heterocycles. The maximum Gasteiger partial charge on any atom is 0.278 e. The van der Waals surface area contributed by atoms with E-state index < -0.39 is 28.9 Å². The van der Waals surface area contributed by atoms with Crippen molar-refractivity contribution in [2.75, 3.05) is 10.6 Å². The Morgan fingerprint density at radius 1 is 1.17 bits per heavy atom. The van der Waals surface area contributed by atoms with E-state index in [1.165, 1.54) is 29.9 Å². The summed E-state index contributed by atoms with van der Waals surface area (Å²) in [5.74, 6) is -3.04. The lowest BCUT2D eigenvalue weighted by Crippen LogP contribution is -2.27. The zero-order valence-corrected chi connectivity index (χ0v) is 19.0. The van der Waals surface area contributed by atoms with Crippen LogP contribution in [0.2, 0.25) is 0 Å². The van der Waals surface area contributed by atoms with E-state index in [0.717, 1.165) is 24.4 Å². The monoisotopic (exact) mass is 496 g/mol. The summed E-state index contributed by atoms with van der Waals surface area (Å²) < 4.78 is 48.2. The Kier molecular flexibility index (Phi) is 6.68. The van der Waals surface area contributed by atoms with E-state index in [4.69, 9.17) is 5.41 Å². The number of aromatic nitrogens is 3. The minimum absolute atomic E-state index is 0.00943. The molecule has 0 radical (unpaired) electrons. The molecule has 12 heteroatoms. The first-order valence-corrected chi connectivity index (χ1v) is 10.6. The van der Waals surface area contributed by atoms with Crippen molar-refractivity contribution in [1.29, 1.82) is 5.41 Å². The molecule has 9 nitrogen and oxygen atoms in total. The summed E-state index contributed by atoms with van der Waals surface area (Å²) in [5.41, 5.74) is -1.10. The second kappa shape index (κ2) is 9.86. The molecule has 4 rings (SSSR count). The lowest BCUT2D eigenvalue weighted by Gasteiger charge is -2.18. The van der Waals surface area contributed by atoms with Crippen LogP contribution in [0, 0.1) is 29.8 Å². The molecule has 2 aromatic carbocycles. The molecule has 4 aromatic rings. The lowest BCUT2D eigenvalue weighted by atomic mass is 10.0. The normalized spacial score (nSPS) is 10.8. The first-order chi connectivity index (χ1) is 17.2. The number of nitrogens with zero attached hydrogens (tertiary/aromatic N) is 3. The van der Waals surface area contributed by atoms with Crippen molar-refractivity contribution in [1.82, 2.24) is 14.7 Å². The predicted octanol–water partition coefficient (Wildman–Crippen LogP) is 4.64. The number of carbonyl (C=O) groups excluding carboxylic acids is 1. The summed E-state index contributed by atoms with van der Waals surface area (Å²) in [6.45, 7) is 3.14. The number of nitrogens with one attached hydrogen (secondary N) is 3. The number of carbonyl (C=O) groups is 1. The van der Waals surface area contributed by atoms with Gasteiger partial charge in [-0.25, -0.2) is 18.2 Å². The number of hydrogen-bond donors (Lipinski definition) is 3. The molecule has 1 amide bonds. The van der Waals surface area contributed by atoms with Gasteiger partial charge in [-0.1, -0.05) is 5.16 Å². The second-order valence-electron chi connectivity index (χ2n) is 7.61. The highest BCUT2D eigenvalue weighted by molar-refractivity contribution is 6.04. The van der Waals surface area contributed by atoms with Gasteiger partial charge in [-0.15, -0.1) is 0 Å². The van der Waals surface area contributed by atoms with E-state index in [1.54, 1.807) is 6.92 Å². The molecule has 0 aliphatic rings. The van der Waals surface area contributed by atoms with Gasteiger partial charge in [-0.2, -0.15) is 0 Å². The third-order valence-corrected chi connectivity index (χ3v) is 5.37. The van der Waals surface area contributed by atoms with Crippen LogP contribution in [-0.4, -0.2) is 26.8 Å². The lowest BCUT2D eigenvalue weighted by molar-refractivity contribution is 0.102. The highest BCUT2D eigenvalue weighted by Gasteiger charge is 2.22. The van der Waals surface area contributed by atoms with Gasteiger partial charge in [-0.3, -0.25) is 14.2 Å². The van der Waals surface area contributed by atoms with Gasteiger partial charge in [0.05, 0.1) is 5.69 Å². The molecular weight excluding hydrogens is 477 g/mol. The van der Waals surface area contributed by atoms with Gasteiger partial charge >= 0.3 is 0 Å². The fourth-order valence-corrected chi connectivity index (χ4v) is 3.54. The number of halogens is 3. The summed E-state index contributed by atoms with van der Waals surface area (Å²) in [6.07, 6.45) is 2.09. The van der Waals surface area contributed by atoms with Crippen molar-refractivity contribution in [3.05, 3.63) is 87.3 Å². The first kappa shape index (κ1) is 24.4. The smallest absolute Gasteiger partial charge is 0.278 e. The molecular formula is C24H19F3N6O3. The van der Waals surface area contributed by atoms with Gasteiger partial charge in [0.25, 0.3) is 11.5 Å². The van der Waals surface area contributed by atoms with Crippen LogP contribution in [0.5, 0.6) is 0 Å². The van der Waals surface area contributed by atoms with Gasteiger partial charge in [0.1, 0.15) is 40.9 Å². The molecule has 0 fully saturated rings. The van der Waals surface area contributed by atoms with Crippen LogP contribution < -0.4 is 16.2 Å². The van der Waals surface area contributed by atoms with E-state index in [1.807, 2.05) is 0 Å². The Labute approximate surface area is 202 Å². The van der Waals surface area contributed by atoms with Gasteiger partial charge in [0.2, 0.25) is 0 Å². The topological polar surface area (TPSA) is 126 Å². The summed E-state index contributed by atoms with van der Waals surface area (Å²) in [6, 6.07) is 6.57. The summed E-state index contributed by atoms with van der Waals surface area (Å²) in [5, 5.41) is 16.5. The molecule has 0 saturated carbocycles. The molecule has 36 heavy (non-hydrogen) atoms. The molecule has 0 bridgehead atoms. The van der Waals surface area contributed by atoms with E-state index in [-0.39, 0.29) is 51.9 Å². The molecule has 0 unspecified atom stereocenters. The number of anilines is 3. The Hall–Kier alpha value is -4.74. The Morgan fingerprint density at radius 3 is 2.58 bits per heavy atom. The molecule has 0 atom stereocenters. The zero-order valence-electron chi connectivity index (χ0n) is 19.0. The number of amides is 1. The summed E-state index contributed by atoms with van der Waals surface area (Å²) in [4.78, 5) is 30.3. The highest BCUT2D eigenvalue weighted by atomic mass is 19.1. The van der Waals surface area contributed by atoms with Crippen molar-refractivity contribution >= 4 is 29.4 Å². The van der Waals surface area contributed by atoms with Gasteiger partial charge in [0, 0.05) is 36.0 Å². The van der Waals surface area contributed by atoms with Crippen LogP contribution in [0.4, 0.5) is 30.5 Å².